The molecule has 1 aromatic carbocycles. The largest absolute Gasteiger partial charge is 0.398 e. The summed E-state index contributed by atoms with van der Waals surface area (Å²) in [6, 6.07) is 5.50. The molecule has 0 amide bonds. The van der Waals surface area contributed by atoms with Gasteiger partial charge in [-0.3, -0.25) is 4.79 Å². The van der Waals surface area contributed by atoms with Crippen LogP contribution in [-0.2, 0) is 0 Å². The van der Waals surface area contributed by atoms with E-state index in [-0.39, 0.29) is 0 Å². The van der Waals surface area contributed by atoms with Gasteiger partial charge in [-0.25, -0.2) is 0 Å². The molecule has 0 aromatic heterocycles. The van der Waals surface area contributed by atoms with Crippen LogP contribution in [0.25, 0.3) is 0 Å². The highest BCUT2D eigenvalue weighted by atomic mass is 79.9. The fourth-order valence-corrected chi connectivity index (χ4v) is 3.46. The number of nitrogens with two attached hydrogens (primary N) is 1. The molecule has 2 saturated carbocycles. The quantitative estimate of drug-likeness (QED) is 0.667. The van der Waals surface area contributed by atoms with Crippen LogP contribution >= 0.6 is 15.9 Å². The molecule has 0 radical (unpaired) electrons. The Hall–Kier alpha value is -0.830. The van der Waals surface area contributed by atoms with E-state index in [9.17, 15) is 4.79 Å². The monoisotopic (exact) mass is 279 g/mol. The summed E-state index contributed by atoms with van der Waals surface area (Å²) >= 11 is 3.37. The first-order chi connectivity index (χ1) is 7.68. The van der Waals surface area contributed by atoms with Gasteiger partial charge in [0, 0.05) is 21.6 Å². The SMILES string of the molecule is Nc1ccc(C(=O)C2C3CCCC32)cc1Br. The minimum atomic E-state index is 0.310. The molecule has 0 bridgehead atoms. The maximum atomic E-state index is 12.2. The van der Waals surface area contributed by atoms with Crippen LogP contribution in [0.2, 0.25) is 0 Å². The lowest BCUT2D eigenvalue weighted by atomic mass is 10.0. The van der Waals surface area contributed by atoms with Crippen LogP contribution in [-0.4, -0.2) is 5.78 Å². The van der Waals surface area contributed by atoms with E-state index in [0.717, 1.165) is 10.0 Å². The van der Waals surface area contributed by atoms with Crippen molar-refractivity contribution in [2.24, 2.45) is 17.8 Å². The smallest absolute Gasteiger partial charge is 0.166 e. The van der Waals surface area contributed by atoms with Crippen LogP contribution in [0.1, 0.15) is 29.6 Å². The van der Waals surface area contributed by atoms with Crippen LogP contribution in [0.3, 0.4) is 0 Å². The highest BCUT2D eigenvalue weighted by molar-refractivity contribution is 9.10. The molecule has 3 rings (SSSR count). The Morgan fingerprint density at radius 1 is 1.31 bits per heavy atom. The lowest BCUT2D eigenvalue weighted by Gasteiger charge is -2.05. The van der Waals surface area contributed by atoms with Crippen molar-refractivity contribution in [3.05, 3.63) is 28.2 Å². The molecule has 0 aliphatic heterocycles. The van der Waals surface area contributed by atoms with E-state index >= 15 is 0 Å². The fraction of sp³-hybridized carbons (Fsp3) is 0.462. The van der Waals surface area contributed by atoms with Crippen LogP contribution in [0.4, 0.5) is 5.69 Å². The lowest BCUT2D eigenvalue weighted by molar-refractivity contribution is 0.0951. The molecule has 0 saturated heterocycles. The summed E-state index contributed by atoms with van der Waals surface area (Å²) < 4.78 is 0.823. The third-order valence-corrected chi connectivity index (χ3v) is 4.68. The normalized spacial score (nSPS) is 31.2. The van der Waals surface area contributed by atoms with Crippen LogP contribution in [0.5, 0.6) is 0 Å². The zero-order valence-corrected chi connectivity index (χ0v) is 10.5. The summed E-state index contributed by atoms with van der Waals surface area (Å²) in [7, 11) is 0. The van der Waals surface area contributed by atoms with Gasteiger partial charge in [0.25, 0.3) is 0 Å². The van der Waals surface area contributed by atoms with Crippen LogP contribution in [0.15, 0.2) is 22.7 Å². The van der Waals surface area contributed by atoms with E-state index in [1.54, 1.807) is 6.07 Å². The van der Waals surface area contributed by atoms with Gasteiger partial charge in [0.05, 0.1) is 0 Å². The number of rotatable bonds is 2. The number of benzene rings is 1. The molecule has 2 N–H and O–H groups in total. The molecule has 2 atom stereocenters. The maximum absolute atomic E-state index is 12.2. The van der Waals surface area contributed by atoms with E-state index < -0.39 is 0 Å². The summed E-state index contributed by atoms with van der Waals surface area (Å²) in [5.41, 5.74) is 7.21. The molecule has 3 heteroatoms. The van der Waals surface area contributed by atoms with Crippen molar-refractivity contribution in [1.29, 1.82) is 0 Å². The summed E-state index contributed by atoms with van der Waals surface area (Å²) in [6.45, 7) is 0. The van der Waals surface area contributed by atoms with Gasteiger partial charge in [-0.1, -0.05) is 6.42 Å². The number of hydrogen-bond acceptors (Lipinski definition) is 2. The average Bonchev–Trinajstić information content (AvgIpc) is 2.74. The van der Waals surface area contributed by atoms with E-state index in [1.807, 2.05) is 12.1 Å². The number of anilines is 1. The minimum absolute atomic E-state index is 0.310. The summed E-state index contributed by atoms with van der Waals surface area (Å²) in [4.78, 5) is 12.2. The van der Waals surface area contributed by atoms with Gasteiger partial charge >= 0.3 is 0 Å². The van der Waals surface area contributed by atoms with Gasteiger partial charge in [0.15, 0.2) is 5.78 Å². The number of hydrogen-bond donors (Lipinski definition) is 1. The third-order valence-electron chi connectivity index (χ3n) is 3.99. The van der Waals surface area contributed by atoms with Crippen molar-refractivity contribution in [2.45, 2.75) is 19.3 Å². The first-order valence-electron chi connectivity index (χ1n) is 5.77. The van der Waals surface area contributed by atoms with Crippen molar-refractivity contribution in [1.82, 2.24) is 0 Å². The number of Topliss-reactive ketones (excluding diaryl/α,β-unsaturated/α-hetero) is 1. The number of halogens is 1. The van der Waals surface area contributed by atoms with Crippen molar-refractivity contribution in [2.75, 3.05) is 5.73 Å². The molecule has 84 valence electrons. The second kappa shape index (κ2) is 3.59. The topological polar surface area (TPSA) is 43.1 Å². The van der Waals surface area contributed by atoms with Gasteiger partial charge in [0.1, 0.15) is 0 Å². The minimum Gasteiger partial charge on any atom is -0.398 e. The summed E-state index contributed by atoms with van der Waals surface area (Å²) in [5, 5.41) is 0. The molecule has 1 aromatic rings. The highest BCUT2D eigenvalue weighted by Crippen LogP contribution is 2.58. The molecule has 2 aliphatic rings. The molecule has 0 heterocycles. The second-order valence-corrected chi connectivity index (χ2v) is 5.74. The lowest BCUT2D eigenvalue weighted by Crippen LogP contribution is -2.06. The Labute approximate surface area is 103 Å². The van der Waals surface area contributed by atoms with Crippen LogP contribution in [0, 0.1) is 17.8 Å². The molecule has 2 unspecified atom stereocenters. The van der Waals surface area contributed by atoms with E-state index in [0.29, 0.717) is 29.2 Å². The van der Waals surface area contributed by atoms with Crippen molar-refractivity contribution in [3.63, 3.8) is 0 Å². The highest BCUT2D eigenvalue weighted by Gasteiger charge is 2.56. The Kier molecular flexibility index (Phi) is 2.32. The van der Waals surface area contributed by atoms with Crippen molar-refractivity contribution in [3.8, 4) is 0 Å². The molecule has 0 spiro atoms. The number of ketones is 1. The Morgan fingerprint density at radius 3 is 2.62 bits per heavy atom. The Balaban J connectivity index is 1.82. The number of nitrogen functional groups attached to an aromatic ring is 1. The first-order valence-corrected chi connectivity index (χ1v) is 6.57. The maximum Gasteiger partial charge on any atom is 0.166 e. The number of carbonyl (C=O) groups is 1. The van der Waals surface area contributed by atoms with Gasteiger partial charge < -0.3 is 5.73 Å². The van der Waals surface area contributed by atoms with E-state index in [2.05, 4.69) is 15.9 Å². The van der Waals surface area contributed by atoms with Gasteiger partial charge in [-0.15, -0.1) is 0 Å². The zero-order valence-electron chi connectivity index (χ0n) is 8.95. The molecular weight excluding hydrogens is 266 g/mol. The summed E-state index contributed by atoms with van der Waals surface area (Å²) in [6.07, 6.45) is 3.80. The van der Waals surface area contributed by atoms with Gasteiger partial charge in [-0.05, 0) is 58.8 Å². The van der Waals surface area contributed by atoms with Gasteiger partial charge in [-0.2, -0.15) is 0 Å². The first kappa shape index (κ1) is 10.3. The molecular formula is C13H14BrNO. The van der Waals surface area contributed by atoms with Crippen molar-refractivity contribution < 1.29 is 4.79 Å². The third kappa shape index (κ3) is 1.49. The Morgan fingerprint density at radius 2 is 2.00 bits per heavy atom. The zero-order chi connectivity index (χ0) is 11.3. The van der Waals surface area contributed by atoms with Gasteiger partial charge in [0.2, 0.25) is 0 Å². The van der Waals surface area contributed by atoms with Crippen LogP contribution < -0.4 is 5.73 Å². The molecule has 16 heavy (non-hydrogen) atoms. The average molecular weight is 280 g/mol. The number of fused-ring (bicyclic) bond motifs is 1. The summed E-state index contributed by atoms with van der Waals surface area (Å²) in [5.74, 6) is 1.99. The second-order valence-electron chi connectivity index (χ2n) is 4.88. The Bertz CT molecular complexity index is 447. The van der Waals surface area contributed by atoms with Crippen molar-refractivity contribution >= 4 is 27.4 Å². The molecule has 2 aliphatic carbocycles. The standard InChI is InChI=1S/C13H14BrNO/c14-10-6-7(4-5-11(10)15)13(16)12-8-2-1-3-9(8)12/h4-6,8-9,12H,1-3,15H2. The van der Waals surface area contributed by atoms with E-state index in [4.69, 9.17) is 5.73 Å². The molecule has 2 fully saturated rings. The molecule has 2 nitrogen and oxygen atoms in total. The number of carbonyl (C=O) groups excluding carboxylic acids is 1. The predicted molar refractivity (Wildman–Crippen MR) is 67.2 cm³/mol. The fourth-order valence-electron chi connectivity index (χ4n) is 3.08. The predicted octanol–water partition coefficient (Wildman–Crippen LogP) is 3.26. The van der Waals surface area contributed by atoms with E-state index in [1.165, 1.54) is 19.3 Å².